The zero-order valence-electron chi connectivity index (χ0n) is 15.1. The second-order valence-electron chi connectivity index (χ2n) is 7.30. The van der Waals surface area contributed by atoms with Crippen LogP contribution >= 0.6 is 0 Å². The second-order valence-corrected chi connectivity index (χ2v) is 7.30. The maximum absolute atomic E-state index is 14.1. The fourth-order valence-corrected chi connectivity index (χ4v) is 4.03. The number of ketones is 2. The van der Waals surface area contributed by atoms with Crippen molar-refractivity contribution < 1.29 is 28.3 Å². The van der Waals surface area contributed by atoms with Crippen LogP contribution in [0.1, 0.15) is 49.4 Å². The molecule has 0 heterocycles. The van der Waals surface area contributed by atoms with Crippen LogP contribution in [-0.4, -0.2) is 30.0 Å². The fourth-order valence-electron chi connectivity index (χ4n) is 4.03. The number of carbonyl (C=O) groups excluding carboxylic acids is 4. The Morgan fingerprint density at radius 2 is 1.85 bits per heavy atom. The van der Waals surface area contributed by atoms with E-state index >= 15 is 0 Å². The molecule has 3 atom stereocenters. The van der Waals surface area contributed by atoms with Crippen molar-refractivity contribution in [3.63, 3.8) is 0 Å². The first-order chi connectivity index (χ1) is 12.8. The molecule has 144 valence electrons. The van der Waals surface area contributed by atoms with Gasteiger partial charge in [-0.25, -0.2) is 4.39 Å². The molecule has 0 aromatic heterocycles. The molecule has 1 aromatic rings. The summed E-state index contributed by atoms with van der Waals surface area (Å²) in [5, 5.41) is 2.42. The van der Waals surface area contributed by atoms with Gasteiger partial charge in [-0.15, -0.1) is 0 Å². The van der Waals surface area contributed by atoms with Crippen LogP contribution in [0.4, 0.5) is 10.1 Å². The molecule has 1 amide bonds. The monoisotopic (exact) mass is 375 g/mol. The minimum Gasteiger partial charge on any atom is -0.457 e. The number of esters is 1. The molecular formula is C20H22FNO5. The minimum absolute atomic E-state index is 0.0792. The van der Waals surface area contributed by atoms with E-state index in [1.165, 1.54) is 19.1 Å². The number of amides is 1. The minimum atomic E-state index is -0.792. The smallest absolute Gasteiger partial charge is 0.309 e. The number of benzene rings is 1. The number of rotatable bonds is 5. The van der Waals surface area contributed by atoms with Gasteiger partial charge in [0.05, 0.1) is 11.5 Å². The van der Waals surface area contributed by atoms with E-state index < -0.39 is 24.2 Å². The van der Waals surface area contributed by atoms with Crippen LogP contribution in [0.25, 0.3) is 0 Å². The molecule has 2 fully saturated rings. The normalized spacial score (nSPS) is 24.2. The summed E-state index contributed by atoms with van der Waals surface area (Å²) in [7, 11) is 0. The average molecular weight is 375 g/mol. The van der Waals surface area contributed by atoms with Crippen molar-refractivity contribution in [1.82, 2.24) is 0 Å². The van der Waals surface area contributed by atoms with E-state index in [0.29, 0.717) is 12.8 Å². The lowest BCUT2D eigenvalue weighted by Crippen LogP contribution is -2.39. The molecule has 0 spiro atoms. The van der Waals surface area contributed by atoms with Crippen molar-refractivity contribution in [1.29, 1.82) is 0 Å². The largest absolute Gasteiger partial charge is 0.457 e. The quantitative estimate of drug-likeness (QED) is 0.631. The number of halogens is 1. The predicted octanol–water partition coefficient (Wildman–Crippen LogP) is 2.91. The number of Topliss-reactive ketones (excluding diaryl/α,β-unsaturated/α-hetero) is 2. The highest BCUT2D eigenvalue weighted by Crippen LogP contribution is 2.40. The van der Waals surface area contributed by atoms with Crippen molar-refractivity contribution in [2.24, 2.45) is 17.8 Å². The third-order valence-electron chi connectivity index (χ3n) is 5.32. The fraction of sp³-hybridized carbons (Fsp3) is 0.500. The third-order valence-corrected chi connectivity index (χ3v) is 5.32. The molecule has 2 bridgehead atoms. The summed E-state index contributed by atoms with van der Waals surface area (Å²) in [5.74, 6) is -2.57. The predicted molar refractivity (Wildman–Crippen MR) is 94.6 cm³/mol. The maximum Gasteiger partial charge on any atom is 0.309 e. The average Bonchev–Trinajstić information content (AvgIpc) is 2.58. The summed E-state index contributed by atoms with van der Waals surface area (Å²) < 4.78 is 19.2. The van der Waals surface area contributed by atoms with E-state index in [4.69, 9.17) is 4.74 Å². The number of anilines is 1. The number of hydrogen-bond donors (Lipinski definition) is 1. The number of ether oxygens (including phenoxy) is 1. The molecule has 0 aliphatic heterocycles. The Hall–Kier alpha value is -2.57. The molecule has 1 aromatic carbocycles. The maximum atomic E-state index is 14.1. The van der Waals surface area contributed by atoms with Gasteiger partial charge in [0.25, 0.3) is 0 Å². The highest BCUT2D eigenvalue weighted by molar-refractivity contribution is 5.99. The van der Waals surface area contributed by atoms with Crippen molar-refractivity contribution in [2.45, 2.75) is 39.0 Å². The third kappa shape index (κ3) is 4.40. The first-order valence-electron chi connectivity index (χ1n) is 9.16. The molecule has 7 heteroatoms. The van der Waals surface area contributed by atoms with Crippen LogP contribution in [0.3, 0.4) is 0 Å². The summed E-state index contributed by atoms with van der Waals surface area (Å²) in [6.45, 7) is 0.748. The summed E-state index contributed by atoms with van der Waals surface area (Å²) >= 11 is 0. The van der Waals surface area contributed by atoms with Gasteiger partial charge in [0.1, 0.15) is 11.6 Å². The summed E-state index contributed by atoms with van der Waals surface area (Å²) in [4.78, 5) is 47.5. The topological polar surface area (TPSA) is 89.5 Å². The molecule has 0 saturated heterocycles. The van der Waals surface area contributed by atoms with Crippen LogP contribution in [0.5, 0.6) is 0 Å². The van der Waals surface area contributed by atoms with Crippen molar-refractivity contribution in [3.05, 3.63) is 29.6 Å². The van der Waals surface area contributed by atoms with Gasteiger partial charge >= 0.3 is 5.97 Å². The summed E-state index contributed by atoms with van der Waals surface area (Å²) in [6, 6.07) is 3.71. The first-order valence-corrected chi connectivity index (χ1v) is 9.16. The van der Waals surface area contributed by atoms with Gasteiger partial charge in [-0.1, -0.05) is 6.42 Å². The van der Waals surface area contributed by atoms with Gasteiger partial charge in [0.2, 0.25) is 11.7 Å². The van der Waals surface area contributed by atoms with Gasteiger partial charge in [-0.3, -0.25) is 19.2 Å². The highest BCUT2D eigenvalue weighted by atomic mass is 19.1. The van der Waals surface area contributed by atoms with E-state index in [0.717, 1.165) is 25.3 Å². The van der Waals surface area contributed by atoms with Crippen LogP contribution < -0.4 is 5.32 Å². The highest BCUT2D eigenvalue weighted by Gasteiger charge is 2.41. The van der Waals surface area contributed by atoms with E-state index in [2.05, 4.69) is 5.32 Å². The number of nitrogens with one attached hydrogen (secondary N) is 1. The van der Waals surface area contributed by atoms with Gasteiger partial charge in [-0.2, -0.15) is 0 Å². The van der Waals surface area contributed by atoms with Gasteiger partial charge in [-0.05, 0) is 43.9 Å². The molecule has 1 N–H and O–H groups in total. The standard InChI is InChI=1S/C20H22FNO5/c1-11(23)22-15-5-6-16(17(21)9-15)18(24)10-27-20(26)14-7-12-3-2-4-13(8-14)19(12)25/h5-6,9,12-14H,2-4,7-8,10H2,1H3,(H,22,23)/t12-,13+,14?. The Morgan fingerprint density at radius 1 is 1.19 bits per heavy atom. The zero-order valence-corrected chi connectivity index (χ0v) is 15.1. The van der Waals surface area contributed by atoms with Gasteiger partial charge in [0, 0.05) is 24.4 Å². The summed E-state index contributed by atoms with van der Waals surface area (Å²) in [6.07, 6.45) is 3.58. The molecule has 0 radical (unpaired) electrons. The van der Waals surface area contributed by atoms with E-state index in [1.807, 2.05) is 0 Å². The number of fused-ring (bicyclic) bond motifs is 2. The molecule has 27 heavy (non-hydrogen) atoms. The molecular weight excluding hydrogens is 353 g/mol. The summed E-state index contributed by atoms with van der Waals surface area (Å²) in [5.41, 5.74) is 0.0413. The first kappa shape index (κ1) is 19.2. The zero-order chi connectivity index (χ0) is 19.6. The lowest BCUT2D eigenvalue weighted by Gasteiger charge is -2.36. The van der Waals surface area contributed by atoms with E-state index in [1.54, 1.807) is 0 Å². The Labute approximate surface area is 156 Å². The molecule has 3 rings (SSSR count). The molecule has 6 nitrogen and oxygen atoms in total. The lowest BCUT2D eigenvalue weighted by molar-refractivity contribution is -0.152. The van der Waals surface area contributed by atoms with Crippen molar-refractivity contribution in [3.8, 4) is 0 Å². The van der Waals surface area contributed by atoms with Crippen LogP contribution in [-0.2, 0) is 19.1 Å². The number of carbonyl (C=O) groups is 4. The van der Waals surface area contributed by atoms with Crippen molar-refractivity contribution >= 4 is 29.1 Å². The Balaban J connectivity index is 1.56. The SMILES string of the molecule is CC(=O)Nc1ccc(C(=O)COC(=O)C2C[C@H]3CCC[C@@H](C2)C3=O)c(F)c1. The second kappa shape index (κ2) is 7.98. The van der Waals surface area contributed by atoms with Crippen molar-refractivity contribution in [2.75, 3.05) is 11.9 Å². The number of hydrogen-bond acceptors (Lipinski definition) is 5. The molecule has 2 aliphatic rings. The van der Waals surface area contributed by atoms with E-state index in [9.17, 15) is 23.6 Å². The van der Waals surface area contributed by atoms with Gasteiger partial charge < -0.3 is 10.1 Å². The molecule has 1 unspecified atom stereocenters. The molecule has 2 saturated carbocycles. The Kier molecular flexibility index (Phi) is 5.68. The lowest BCUT2D eigenvalue weighted by atomic mass is 9.67. The van der Waals surface area contributed by atoms with Crippen LogP contribution in [0, 0.1) is 23.6 Å². The van der Waals surface area contributed by atoms with E-state index in [-0.39, 0.29) is 40.7 Å². The molecule has 2 aliphatic carbocycles. The van der Waals surface area contributed by atoms with Crippen LogP contribution in [0.15, 0.2) is 18.2 Å². The van der Waals surface area contributed by atoms with Crippen LogP contribution in [0.2, 0.25) is 0 Å². The Bertz CT molecular complexity index is 775. The van der Waals surface area contributed by atoms with Gasteiger partial charge in [0.15, 0.2) is 6.61 Å². The Morgan fingerprint density at radius 3 is 2.44 bits per heavy atom.